The molecular formula is C15H16N2. The normalized spacial score (nSPS) is 14.6. The number of anilines is 1. The number of hydrogen-bond donors (Lipinski definition) is 1. The van der Waals surface area contributed by atoms with Gasteiger partial charge in [-0.1, -0.05) is 24.3 Å². The minimum absolute atomic E-state index is 0.522. The lowest BCUT2D eigenvalue weighted by Gasteiger charge is -2.13. The first-order valence-electron chi connectivity index (χ1n) is 6.07. The number of nitrogens with one attached hydrogen (secondary N) is 1. The number of pyridine rings is 1. The monoisotopic (exact) mass is 224 g/mol. The SMILES string of the molecule is Cc1cc(NC2Cc3ccccc3C2)ccn1. The summed E-state index contributed by atoms with van der Waals surface area (Å²) in [5, 5.41) is 3.59. The average molecular weight is 224 g/mol. The van der Waals surface area contributed by atoms with E-state index in [1.165, 1.54) is 16.8 Å². The smallest absolute Gasteiger partial charge is 0.0393 e. The maximum Gasteiger partial charge on any atom is 0.0393 e. The number of nitrogens with zero attached hydrogens (tertiary/aromatic N) is 1. The van der Waals surface area contributed by atoms with E-state index in [-0.39, 0.29) is 0 Å². The molecule has 2 aromatic rings. The van der Waals surface area contributed by atoms with Crippen LogP contribution in [-0.2, 0) is 12.8 Å². The number of fused-ring (bicyclic) bond motifs is 1. The summed E-state index contributed by atoms with van der Waals surface area (Å²) < 4.78 is 0. The van der Waals surface area contributed by atoms with Crippen LogP contribution in [0, 0.1) is 6.92 Å². The van der Waals surface area contributed by atoms with Crippen molar-refractivity contribution >= 4 is 5.69 Å². The van der Waals surface area contributed by atoms with Crippen LogP contribution in [0.5, 0.6) is 0 Å². The van der Waals surface area contributed by atoms with Crippen molar-refractivity contribution < 1.29 is 0 Å². The lowest BCUT2D eigenvalue weighted by molar-refractivity contribution is 0.774. The van der Waals surface area contributed by atoms with Gasteiger partial charge in [0.05, 0.1) is 0 Å². The molecule has 1 aromatic carbocycles. The molecule has 2 nitrogen and oxygen atoms in total. The molecule has 0 amide bonds. The number of rotatable bonds is 2. The van der Waals surface area contributed by atoms with Crippen molar-refractivity contribution in [3.8, 4) is 0 Å². The number of benzene rings is 1. The van der Waals surface area contributed by atoms with Gasteiger partial charge in [-0.3, -0.25) is 4.98 Å². The van der Waals surface area contributed by atoms with Gasteiger partial charge in [-0.2, -0.15) is 0 Å². The largest absolute Gasteiger partial charge is 0.382 e. The molecule has 0 atom stereocenters. The van der Waals surface area contributed by atoms with Gasteiger partial charge in [0, 0.05) is 23.6 Å². The van der Waals surface area contributed by atoms with Crippen LogP contribution in [0.15, 0.2) is 42.6 Å². The average Bonchev–Trinajstić information content (AvgIpc) is 2.71. The summed E-state index contributed by atoms with van der Waals surface area (Å²) in [6, 6.07) is 13.4. The van der Waals surface area contributed by atoms with Gasteiger partial charge < -0.3 is 5.32 Å². The van der Waals surface area contributed by atoms with Crippen molar-refractivity contribution in [2.45, 2.75) is 25.8 Å². The predicted molar refractivity (Wildman–Crippen MR) is 70.2 cm³/mol. The highest BCUT2D eigenvalue weighted by Crippen LogP contribution is 2.24. The van der Waals surface area contributed by atoms with Crippen LogP contribution in [0.2, 0.25) is 0 Å². The molecule has 0 unspecified atom stereocenters. The quantitative estimate of drug-likeness (QED) is 0.848. The third-order valence-electron chi connectivity index (χ3n) is 3.32. The summed E-state index contributed by atoms with van der Waals surface area (Å²) in [5.74, 6) is 0. The number of aryl methyl sites for hydroxylation is 1. The molecule has 1 aliphatic carbocycles. The summed E-state index contributed by atoms with van der Waals surface area (Å²) in [6.45, 7) is 2.02. The van der Waals surface area contributed by atoms with Gasteiger partial charge in [0.1, 0.15) is 0 Å². The molecular weight excluding hydrogens is 208 g/mol. The van der Waals surface area contributed by atoms with E-state index in [0.29, 0.717) is 6.04 Å². The van der Waals surface area contributed by atoms with Crippen LogP contribution in [0.3, 0.4) is 0 Å². The van der Waals surface area contributed by atoms with Crippen LogP contribution in [0.1, 0.15) is 16.8 Å². The molecule has 1 aliphatic rings. The lowest BCUT2D eigenvalue weighted by atomic mass is 10.1. The van der Waals surface area contributed by atoms with Crippen LogP contribution in [0.25, 0.3) is 0 Å². The van der Waals surface area contributed by atoms with Gasteiger partial charge in [0.2, 0.25) is 0 Å². The molecule has 0 fully saturated rings. The Morgan fingerprint density at radius 2 is 1.82 bits per heavy atom. The first-order valence-corrected chi connectivity index (χ1v) is 6.07. The van der Waals surface area contributed by atoms with Gasteiger partial charge in [-0.15, -0.1) is 0 Å². The minimum Gasteiger partial charge on any atom is -0.382 e. The highest BCUT2D eigenvalue weighted by atomic mass is 14.9. The zero-order chi connectivity index (χ0) is 11.7. The highest BCUT2D eigenvalue weighted by Gasteiger charge is 2.20. The molecule has 0 saturated heterocycles. The molecule has 1 N–H and O–H groups in total. The van der Waals surface area contributed by atoms with Crippen LogP contribution < -0.4 is 5.32 Å². The summed E-state index contributed by atoms with van der Waals surface area (Å²) in [6.07, 6.45) is 4.11. The Kier molecular flexibility index (Phi) is 2.56. The van der Waals surface area contributed by atoms with Gasteiger partial charge in [0.25, 0.3) is 0 Å². The summed E-state index contributed by atoms with van der Waals surface area (Å²) >= 11 is 0. The minimum atomic E-state index is 0.522. The Bertz CT molecular complexity index is 509. The van der Waals surface area contributed by atoms with Crippen molar-refractivity contribution in [3.05, 3.63) is 59.4 Å². The lowest BCUT2D eigenvalue weighted by Crippen LogP contribution is -2.19. The topological polar surface area (TPSA) is 24.9 Å². The molecule has 1 heterocycles. The number of hydrogen-bond acceptors (Lipinski definition) is 2. The second kappa shape index (κ2) is 4.21. The van der Waals surface area contributed by atoms with Crippen LogP contribution in [-0.4, -0.2) is 11.0 Å². The zero-order valence-electron chi connectivity index (χ0n) is 9.98. The van der Waals surface area contributed by atoms with Crippen molar-refractivity contribution in [1.29, 1.82) is 0 Å². The maximum absolute atomic E-state index is 4.21. The van der Waals surface area contributed by atoms with Crippen molar-refractivity contribution in [2.75, 3.05) is 5.32 Å². The fraction of sp³-hybridized carbons (Fsp3) is 0.267. The van der Waals surface area contributed by atoms with Crippen LogP contribution in [0.4, 0.5) is 5.69 Å². The molecule has 0 spiro atoms. The van der Waals surface area contributed by atoms with Crippen molar-refractivity contribution in [1.82, 2.24) is 4.98 Å². The van der Waals surface area contributed by atoms with E-state index in [0.717, 1.165) is 18.5 Å². The predicted octanol–water partition coefficient (Wildman–Crippen LogP) is 2.97. The van der Waals surface area contributed by atoms with E-state index in [1.807, 2.05) is 19.2 Å². The van der Waals surface area contributed by atoms with E-state index < -0.39 is 0 Å². The molecule has 17 heavy (non-hydrogen) atoms. The van der Waals surface area contributed by atoms with Crippen molar-refractivity contribution in [2.24, 2.45) is 0 Å². The van der Waals surface area contributed by atoms with Crippen LogP contribution >= 0.6 is 0 Å². The van der Waals surface area contributed by atoms with Gasteiger partial charge in [0.15, 0.2) is 0 Å². The first-order chi connectivity index (χ1) is 8.31. The Hall–Kier alpha value is -1.83. The standard InChI is InChI=1S/C15H16N2/c1-11-8-14(6-7-16-11)17-15-9-12-4-2-3-5-13(12)10-15/h2-8,15H,9-10H2,1H3,(H,16,17). The van der Waals surface area contributed by atoms with E-state index in [9.17, 15) is 0 Å². The molecule has 0 aliphatic heterocycles. The summed E-state index contributed by atoms with van der Waals surface area (Å²) in [5.41, 5.74) is 5.20. The Labute approximate surface area is 102 Å². The fourth-order valence-electron chi connectivity index (χ4n) is 2.53. The third kappa shape index (κ3) is 2.16. The molecule has 3 rings (SSSR count). The first kappa shape index (κ1) is 10.3. The van der Waals surface area contributed by atoms with E-state index >= 15 is 0 Å². The summed E-state index contributed by atoms with van der Waals surface area (Å²) in [7, 11) is 0. The Balaban J connectivity index is 1.74. The Morgan fingerprint density at radius 1 is 1.12 bits per heavy atom. The third-order valence-corrected chi connectivity index (χ3v) is 3.32. The van der Waals surface area contributed by atoms with Crippen molar-refractivity contribution in [3.63, 3.8) is 0 Å². The van der Waals surface area contributed by atoms with Gasteiger partial charge in [-0.25, -0.2) is 0 Å². The van der Waals surface area contributed by atoms with Gasteiger partial charge in [-0.05, 0) is 43.0 Å². The zero-order valence-corrected chi connectivity index (χ0v) is 9.98. The second-order valence-electron chi connectivity index (χ2n) is 4.70. The summed E-state index contributed by atoms with van der Waals surface area (Å²) in [4.78, 5) is 4.21. The van der Waals surface area contributed by atoms with E-state index in [1.54, 1.807) is 0 Å². The fourth-order valence-corrected chi connectivity index (χ4v) is 2.53. The maximum atomic E-state index is 4.21. The Morgan fingerprint density at radius 3 is 2.47 bits per heavy atom. The highest BCUT2D eigenvalue weighted by molar-refractivity contribution is 5.46. The number of aromatic nitrogens is 1. The van der Waals surface area contributed by atoms with E-state index in [2.05, 4.69) is 40.6 Å². The molecule has 1 aromatic heterocycles. The molecule has 0 saturated carbocycles. The molecule has 0 bridgehead atoms. The van der Waals surface area contributed by atoms with E-state index in [4.69, 9.17) is 0 Å². The molecule has 86 valence electrons. The van der Waals surface area contributed by atoms with Gasteiger partial charge >= 0.3 is 0 Å². The molecule has 2 heteroatoms. The molecule has 0 radical (unpaired) electrons. The second-order valence-corrected chi connectivity index (χ2v) is 4.70.